The molecule has 174 valence electrons. The quantitative estimate of drug-likeness (QED) is 0.541. The van der Waals surface area contributed by atoms with Gasteiger partial charge in [0.05, 0.1) is 17.6 Å². The largest absolute Gasteiger partial charge is 0.462 e. The summed E-state index contributed by atoms with van der Waals surface area (Å²) in [5.41, 5.74) is 2.45. The molecular formula is C24H27N3O4S2. The van der Waals surface area contributed by atoms with Crippen molar-refractivity contribution in [3.8, 4) is 0 Å². The first-order valence-corrected chi connectivity index (χ1v) is 13.2. The van der Waals surface area contributed by atoms with Crippen molar-refractivity contribution in [2.45, 2.75) is 71.8 Å². The summed E-state index contributed by atoms with van der Waals surface area (Å²) in [6, 6.07) is 0. The second kappa shape index (κ2) is 9.02. The lowest BCUT2D eigenvalue weighted by molar-refractivity contribution is -0.116. The van der Waals surface area contributed by atoms with Crippen molar-refractivity contribution in [3.63, 3.8) is 0 Å². The van der Waals surface area contributed by atoms with Crippen LogP contribution >= 0.6 is 22.7 Å². The number of hydrogen-bond donors (Lipinski definition) is 1. The average Bonchev–Trinajstić information content (AvgIpc) is 3.34. The fourth-order valence-electron chi connectivity index (χ4n) is 4.91. The Hall–Kier alpha value is -2.52. The van der Waals surface area contributed by atoms with Crippen molar-refractivity contribution in [3.05, 3.63) is 42.6 Å². The number of aryl methyl sites for hydroxylation is 4. The van der Waals surface area contributed by atoms with E-state index < -0.39 is 5.97 Å². The Morgan fingerprint density at radius 3 is 2.42 bits per heavy atom. The van der Waals surface area contributed by atoms with Crippen LogP contribution in [0.3, 0.4) is 0 Å². The molecule has 0 radical (unpaired) electrons. The highest BCUT2D eigenvalue weighted by Gasteiger charge is 2.28. The van der Waals surface area contributed by atoms with Crippen molar-refractivity contribution in [2.75, 3.05) is 11.9 Å². The van der Waals surface area contributed by atoms with Crippen LogP contribution in [0.5, 0.6) is 0 Å². The Balaban J connectivity index is 1.46. The summed E-state index contributed by atoms with van der Waals surface area (Å²) in [5, 5.41) is 4.11. The van der Waals surface area contributed by atoms with Gasteiger partial charge in [0.1, 0.15) is 22.2 Å². The van der Waals surface area contributed by atoms with Gasteiger partial charge < -0.3 is 10.1 Å². The maximum absolute atomic E-state index is 13.4. The molecule has 0 spiro atoms. The van der Waals surface area contributed by atoms with Gasteiger partial charge in [-0.15, -0.1) is 22.7 Å². The number of aromatic nitrogens is 2. The number of nitrogens with one attached hydrogen (secondary N) is 1. The van der Waals surface area contributed by atoms with E-state index >= 15 is 0 Å². The Morgan fingerprint density at radius 1 is 1.03 bits per heavy atom. The van der Waals surface area contributed by atoms with E-state index in [0.717, 1.165) is 72.2 Å². The van der Waals surface area contributed by atoms with E-state index in [9.17, 15) is 14.4 Å². The van der Waals surface area contributed by atoms with Crippen molar-refractivity contribution >= 4 is 49.8 Å². The van der Waals surface area contributed by atoms with Crippen LogP contribution in [0.4, 0.5) is 5.00 Å². The smallest absolute Gasteiger partial charge is 0.341 e. The molecule has 0 aromatic carbocycles. The zero-order valence-electron chi connectivity index (χ0n) is 18.9. The summed E-state index contributed by atoms with van der Waals surface area (Å²) >= 11 is 3.06. The first-order valence-electron chi connectivity index (χ1n) is 11.6. The monoisotopic (exact) mass is 485 g/mol. The van der Waals surface area contributed by atoms with E-state index in [1.54, 1.807) is 25.2 Å². The number of carbonyl (C=O) groups is 2. The third-order valence-electron chi connectivity index (χ3n) is 6.47. The molecular weight excluding hydrogens is 458 g/mol. The van der Waals surface area contributed by atoms with Gasteiger partial charge in [-0.25, -0.2) is 9.78 Å². The summed E-state index contributed by atoms with van der Waals surface area (Å²) < 4.78 is 6.73. The molecule has 1 amide bonds. The van der Waals surface area contributed by atoms with E-state index in [-0.39, 0.29) is 24.6 Å². The van der Waals surface area contributed by atoms with E-state index in [1.165, 1.54) is 20.8 Å². The van der Waals surface area contributed by atoms with E-state index in [4.69, 9.17) is 4.74 Å². The zero-order valence-corrected chi connectivity index (χ0v) is 20.5. The molecule has 0 atom stereocenters. The van der Waals surface area contributed by atoms with Gasteiger partial charge in [-0.05, 0) is 76.3 Å². The summed E-state index contributed by atoms with van der Waals surface area (Å²) in [6.07, 6.45) is 7.93. The number of nitrogens with zero attached hydrogens (tertiary/aromatic N) is 2. The molecule has 0 aliphatic heterocycles. The molecule has 33 heavy (non-hydrogen) atoms. The second-order valence-electron chi connectivity index (χ2n) is 8.63. The van der Waals surface area contributed by atoms with Gasteiger partial charge in [-0.1, -0.05) is 0 Å². The number of thiophene rings is 2. The minimum absolute atomic E-state index is 0.136. The van der Waals surface area contributed by atoms with Crippen molar-refractivity contribution in [2.24, 2.45) is 0 Å². The Morgan fingerprint density at radius 2 is 1.70 bits per heavy atom. The highest BCUT2D eigenvalue weighted by molar-refractivity contribution is 7.18. The topological polar surface area (TPSA) is 90.3 Å². The second-order valence-corrected chi connectivity index (χ2v) is 10.8. The number of ether oxygens (including phenoxy) is 1. The van der Waals surface area contributed by atoms with Crippen molar-refractivity contribution in [1.29, 1.82) is 0 Å². The third-order valence-corrected chi connectivity index (χ3v) is 8.86. The molecule has 0 saturated heterocycles. The maximum atomic E-state index is 13.4. The van der Waals surface area contributed by atoms with Gasteiger partial charge in [0.25, 0.3) is 5.56 Å². The van der Waals surface area contributed by atoms with Crippen LogP contribution in [0.15, 0.2) is 4.79 Å². The molecule has 0 unspecified atom stereocenters. The van der Waals surface area contributed by atoms with Gasteiger partial charge >= 0.3 is 5.97 Å². The Bertz CT molecular complexity index is 1320. The van der Waals surface area contributed by atoms with Gasteiger partial charge in [-0.3, -0.25) is 14.2 Å². The van der Waals surface area contributed by atoms with Crippen LogP contribution in [0, 0.1) is 6.92 Å². The number of fused-ring (bicyclic) bond motifs is 4. The van der Waals surface area contributed by atoms with Crippen LogP contribution in [0.2, 0.25) is 0 Å². The number of rotatable bonds is 5. The molecule has 2 aliphatic rings. The van der Waals surface area contributed by atoms with Crippen LogP contribution in [0.1, 0.15) is 69.7 Å². The number of amides is 1. The average molecular weight is 486 g/mol. The van der Waals surface area contributed by atoms with Gasteiger partial charge in [-0.2, -0.15) is 0 Å². The SMILES string of the molecule is CCOC(=O)c1c(NC(=O)Cn2c(C)nc3sc4c(c3c2=O)CCCC4)sc2c1CCCC2. The molecule has 9 heteroatoms. The van der Waals surface area contributed by atoms with Gasteiger partial charge in [0.15, 0.2) is 0 Å². The lowest BCUT2D eigenvalue weighted by Crippen LogP contribution is -2.30. The Kier molecular flexibility index (Phi) is 6.09. The van der Waals surface area contributed by atoms with Crippen molar-refractivity contribution in [1.82, 2.24) is 9.55 Å². The lowest BCUT2D eigenvalue weighted by Gasteiger charge is -2.13. The molecule has 5 rings (SSSR count). The molecule has 3 aromatic heterocycles. The normalized spacial score (nSPS) is 15.2. The van der Waals surface area contributed by atoms with Crippen LogP contribution in [-0.2, 0) is 41.8 Å². The van der Waals surface area contributed by atoms with Crippen LogP contribution < -0.4 is 10.9 Å². The van der Waals surface area contributed by atoms with E-state index in [2.05, 4.69) is 10.3 Å². The zero-order chi connectivity index (χ0) is 23.1. The van der Waals surface area contributed by atoms with Gasteiger partial charge in [0.2, 0.25) is 5.91 Å². The molecule has 7 nitrogen and oxygen atoms in total. The first kappa shape index (κ1) is 22.3. The van der Waals surface area contributed by atoms with Crippen LogP contribution in [0.25, 0.3) is 10.2 Å². The fourth-order valence-corrected chi connectivity index (χ4v) is 7.50. The Labute approximate surface area is 199 Å². The molecule has 0 bridgehead atoms. The number of carbonyl (C=O) groups excluding carboxylic acids is 2. The molecule has 3 heterocycles. The van der Waals surface area contributed by atoms with E-state index in [0.29, 0.717) is 21.8 Å². The number of hydrogen-bond acceptors (Lipinski definition) is 7. The minimum Gasteiger partial charge on any atom is -0.462 e. The molecule has 2 aliphatic carbocycles. The summed E-state index contributed by atoms with van der Waals surface area (Å²) in [5.74, 6) is -0.208. The van der Waals surface area contributed by atoms with Crippen LogP contribution in [-0.4, -0.2) is 28.0 Å². The maximum Gasteiger partial charge on any atom is 0.341 e. The molecule has 0 fully saturated rings. The lowest BCUT2D eigenvalue weighted by atomic mass is 9.95. The predicted octanol–water partition coefficient (Wildman–Crippen LogP) is 4.40. The molecule has 3 aromatic rings. The first-order chi connectivity index (χ1) is 16.0. The highest BCUT2D eigenvalue weighted by atomic mass is 32.1. The summed E-state index contributed by atoms with van der Waals surface area (Å²) in [6.45, 7) is 3.68. The standard InChI is InChI=1S/C24H27N3O4S2/c1-3-31-24(30)20-15-9-5-7-11-17(15)33-22(20)26-18(28)12-27-13(2)25-21-19(23(27)29)14-8-4-6-10-16(14)32-21/h3-12H2,1-2H3,(H,26,28). The minimum atomic E-state index is -0.395. The highest BCUT2D eigenvalue weighted by Crippen LogP contribution is 2.39. The van der Waals surface area contributed by atoms with Crippen molar-refractivity contribution < 1.29 is 14.3 Å². The molecule has 0 saturated carbocycles. The summed E-state index contributed by atoms with van der Waals surface area (Å²) in [4.78, 5) is 46.9. The van der Waals surface area contributed by atoms with Gasteiger partial charge in [0, 0.05) is 9.75 Å². The number of esters is 1. The summed E-state index contributed by atoms with van der Waals surface area (Å²) in [7, 11) is 0. The third kappa shape index (κ3) is 4.01. The fraction of sp³-hybridized carbons (Fsp3) is 0.500. The van der Waals surface area contributed by atoms with E-state index in [1.807, 2.05) is 0 Å². The predicted molar refractivity (Wildman–Crippen MR) is 131 cm³/mol. The number of anilines is 1. The molecule has 1 N–H and O–H groups in total.